The summed E-state index contributed by atoms with van der Waals surface area (Å²) >= 11 is 1.34. The molecule has 2 aromatic carbocycles. The third-order valence-corrected chi connectivity index (χ3v) is 5.63. The van der Waals surface area contributed by atoms with Crippen LogP contribution in [0.3, 0.4) is 0 Å². The molecule has 30 heavy (non-hydrogen) atoms. The van der Waals surface area contributed by atoms with Gasteiger partial charge in [-0.15, -0.1) is 10.2 Å². The fraction of sp³-hybridized carbons (Fsp3) is 0.318. The fourth-order valence-corrected chi connectivity index (χ4v) is 3.70. The van der Waals surface area contributed by atoms with Gasteiger partial charge in [-0.25, -0.2) is 0 Å². The van der Waals surface area contributed by atoms with Gasteiger partial charge in [0, 0.05) is 12.7 Å². The molecule has 3 rings (SSSR count). The predicted octanol–water partition coefficient (Wildman–Crippen LogP) is 4.26. The fourth-order valence-electron chi connectivity index (χ4n) is 2.98. The summed E-state index contributed by atoms with van der Waals surface area (Å²) in [6.45, 7) is 3.98. The molecular formula is C22H26N4O3S. The van der Waals surface area contributed by atoms with Crippen LogP contribution in [0, 0.1) is 0 Å². The van der Waals surface area contributed by atoms with E-state index in [1.807, 2.05) is 67.1 Å². The number of aryl methyl sites for hydroxylation is 1. The molecule has 3 aromatic rings. The zero-order valence-corrected chi connectivity index (χ0v) is 18.4. The molecule has 0 aliphatic heterocycles. The largest absolute Gasteiger partial charge is 0.497 e. The third kappa shape index (κ3) is 5.33. The number of para-hydroxylation sites is 1. The SMILES string of the molecule is CCc1ccccc1NC(=O)CSc1nnc(C(C)Oc2ccc(OC)cc2)n1C. The molecular weight excluding hydrogens is 400 g/mol. The lowest BCUT2D eigenvalue weighted by atomic mass is 10.1. The van der Waals surface area contributed by atoms with E-state index in [2.05, 4.69) is 22.4 Å². The molecule has 1 heterocycles. The molecule has 0 aliphatic carbocycles. The summed E-state index contributed by atoms with van der Waals surface area (Å²) in [4.78, 5) is 12.4. The zero-order chi connectivity index (χ0) is 21.5. The number of carbonyl (C=O) groups excluding carboxylic acids is 1. The number of aromatic nitrogens is 3. The van der Waals surface area contributed by atoms with Gasteiger partial charge in [0.15, 0.2) is 17.1 Å². The number of thioether (sulfide) groups is 1. The number of hydrogen-bond acceptors (Lipinski definition) is 6. The molecule has 158 valence electrons. The minimum Gasteiger partial charge on any atom is -0.497 e. The van der Waals surface area contributed by atoms with Crippen molar-refractivity contribution in [3.63, 3.8) is 0 Å². The number of anilines is 1. The van der Waals surface area contributed by atoms with Crippen LogP contribution in [0.5, 0.6) is 11.5 Å². The average molecular weight is 427 g/mol. The van der Waals surface area contributed by atoms with Crippen LogP contribution in [0.2, 0.25) is 0 Å². The summed E-state index contributed by atoms with van der Waals surface area (Å²) in [7, 11) is 3.50. The van der Waals surface area contributed by atoms with Crippen LogP contribution in [0.4, 0.5) is 5.69 Å². The summed E-state index contributed by atoms with van der Waals surface area (Å²) < 4.78 is 13.0. The van der Waals surface area contributed by atoms with Gasteiger partial charge < -0.3 is 19.4 Å². The number of benzene rings is 2. The Kier molecular flexibility index (Phi) is 7.35. The number of hydrogen-bond donors (Lipinski definition) is 1. The molecule has 0 radical (unpaired) electrons. The van der Waals surface area contributed by atoms with Crippen LogP contribution in [0.1, 0.15) is 31.3 Å². The molecule has 0 fully saturated rings. The second-order valence-corrected chi connectivity index (χ2v) is 7.63. The second-order valence-electron chi connectivity index (χ2n) is 6.68. The molecule has 1 amide bonds. The number of carbonyl (C=O) groups is 1. The van der Waals surface area contributed by atoms with Crippen molar-refractivity contribution in [2.45, 2.75) is 31.5 Å². The summed E-state index contributed by atoms with van der Waals surface area (Å²) in [5.74, 6) is 2.34. The van der Waals surface area contributed by atoms with Crippen LogP contribution in [-0.4, -0.2) is 33.5 Å². The average Bonchev–Trinajstić information content (AvgIpc) is 3.13. The van der Waals surface area contributed by atoms with Crippen molar-refractivity contribution in [1.29, 1.82) is 0 Å². The van der Waals surface area contributed by atoms with Gasteiger partial charge in [0.05, 0.1) is 12.9 Å². The van der Waals surface area contributed by atoms with E-state index in [-0.39, 0.29) is 17.8 Å². The van der Waals surface area contributed by atoms with Gasteiger partial charge in [-0.05, 0) is 49.2 Å². The van der Waals surface area contributed by atoms with Gasteiger partial charge in [-0.3, -0.25) is 4.79 Å². The lowest BCUT2D eigenvalue weighted by Gasteiger charge is -2.14. The van der Waals surface area contributed by atoms with Gasteiger partial charge in [-0.2, -0.15) is 0 Å². The molecule has 0 saturated carbocycles. The number of nitrogens with zero attached hydrogens (tertiary/aromatic N) is 3. The molecule has 1 unspecified atom stereocenters. The Balaban J connectivity index is 1.58. The van der Waals surface area contributed by atoms with E-state index in [1.54, 1.807) is 7.11 Å². The molecule has 8 heteroatoms. The monoisotopic (exact) mass is 426 g/mol. The lowest BCUT2D eigenvalue weighted by Crippen LogP contribution is -2.16. The van der Waals surface area contributed by atoms with Gasteiger partial charge >= 0.3 is 0 Å². The number of nitrogens with one attached hydrogen (secondary N) is 1. The summed E-state index contributed by atoms with van der Waals surface area (Å²) in [6, 6.07) is 15.2. The van der Waals surface area contributed by atoms with Crippen molar-refractivity contribution in [1.82, 2.24) is 14.8 Å². The van der Waals surface area contributed by atoms with E-state index in [1.165, 1.54) is 11.8 Å². The van der Waals surface area contributed by atoms with E-state index in [0.717, 1.165) is 29.2 Å². The van der Waals surface area contributed by atoms with Crippen LogP contribution in [0.15, 0.2) is 53.7 Å². The first kappa shape index (κ1) is 21.7. The molecule has 7 nitrogen and oxygen atoms in total. The molecule has 1 N–H and O–H groups in total. The Hall–Kier alpha value is -3.00. The molecule has 0 spiro atoms. The third-order valence-electron chi connectivity index (χ3n) is 4.61. The van der Waals surface area contributed by atoms with E-state index >= 15 is 0 Å². The van der Waals surface area contributed by atoms with Crippen molar-refractivity contribution in [2.75, 3.05) is 18.2 Å². The van der Waals surface area contributed by atoms with Crippen molar-refractivity contribution < 1.29 is 14.3 Å². The number of methoxy groups -OCH3 is 1. The predicted molar refractivity (Wildman–Crippen MR) is 118 cm³/mol. The van der Waals surface area contributed by atoms with Crippen molar-refractivity contribution >= 4 is 23.4 Å². The molecule has 0 saturated heterocycles. The lowest BCUT2D eigenvalue weighted by molar-refractivity contribution is -0.113. The highest BCUT2D eigenvalue weighted by Crippen LogP contribution is 2.25. The maximum Gasteiger partial charge on any atom is 0.234 e. The Morgan fingerprint density at radius 1 is 1.13 bits per heavy atom. The minimum atomic E-state index is -0.296. The zero-order valence-electron chi connectivity index (χ0n) is 17.6. The van der Waals surface area contributed by atoms with E-state index in [9.17, 15) is 4.79 Å². The van der Waals surface area contributed by atoms with Crippen LogP contribution >= 0.6 is 11.8 Å². The van der Waals surface area contributed by atoms with Crippen molar-refractivity contribution in [2.24, 2.45) is 7.05 Å². The van der Waals surface area contributed by atoms with E-state index in [4.69, 9.17) is 9.47 Å². The standard InChI is InChI=1S/C22H26N4O3S/c1-5-16-8-6-7-9-19(16)23-20(27)14-30-22-25-24-21(26(22)3)15(2)29-18-12-10-17(28-4)11-13-18/h6-13,15H,5,14H2,1-4H3,(H,23,27). The maximum atomic E-state index is 12.4. The summed E-state index contributed by atoms with van der Waals surface area (Å²) in [6.07, 6.45) is 0.568. The summed E-state index contributed by atoms with van der Waals surface area (Å²) in [5.41, 5.74) is 1.96. The topological polar surface area (TPSA) is 78.3 Å². The Morgan fingerprint density at radius 3 is 2.53 bits per heavy atom. The molecule has 1 atom stereocenters. The normalized spacial score (nSPS) is 11.7. The van der Waals surface area contributed by atoms with Crippen LogP contribution in [0.25, 0.3) is 0 Å². The number of ether oxygens (including phenoxy) is 2. The maximum absolute atomic E-state index is 12.4. The minimum absolute atomic E-state index is 0.0759. The first-order valence-electron chi connectivity index (χ1n) is 9.72. The van der Waals surface area contributed by atoms with Crippen LogP contribution < -0.4 is 14.8 Å². The Bertz CT molecular complexity index is 988. The van der Waals surface area contributed by atoms with Crippen LogP contribution in [-0.2, 0) is 18.3 Å². The number of rotatable bonds is 9. The quantitative estimate of drug-likeness (QED) is 0.515. The highest BCUT2D eigenvalue weighted by atomic mass is 32.2. The van der Waals surface area contributed by atoms with Gasteiger partial charge in [0.1, 0.15) is 11.5 Å². The summed E-state index contributed by atoms with van der Waals surface area (Å²) in [5, 5.41) is 12.1. The molecule has 0 bridgehead atoms. The molecule has 1 aromatic heterocycles. The number of amides is 1. The molecule has 0 aliphatic rings. The first-order valence-corrected chi connectivity index (χ1v) is 10.7. The van der Waals surface area contributed by atoms with Crippen molar-refractivity contribution in [3.8, 4) is 11.5 Å². The van der Waals surface area contributed by atoms with Gasteiger partial charge in [0.2, 0.25) is 5.91 Å². The Morgan fingerprint density at radius 2 is 1.83 bits per heavy atom. The smallest absolute Gasteiger partial charge is 0.234 e. The second kappa shape index (κ2) is 10.2. The highest BCUT2D eigenvalue weighted by molar-refractivity contribution is 7.99. The first-order chi connectivity index (χ1) is 14.5. The van der Waals surface area contributed by atoms with E-state index < -0.39 is 0 Å². The van der Waals surface area contributed by atoms with Gasteiger partial charge in [0.25, 0.3) is 0 Å². The van der Waals surface area contributed by atoms with E-state index in [0.29, 0.717) is 11.0 Å². The Labute approximate surface area is 180 Å². The van der Waals surface area contributed by atoms with Gasteiger partial charge in [-0.1, -0.05) is 36.9 Å². The highest BCUT2D eigenvalue weighted by Gasteiger charge is 2.18. The van der Waals surface area contributed by atoms with Crippen molar-refractivity contribution in [3.05, 3.63) is 59.9 Å².